The van der Waals surface area contributed by atoms with Crippen LogP contribution < -0.4 is 10.1 Å². The van der Waals surface area contributed by atoms with E-state index in [2.05, 4.69) is 27.2 Å². The average Bonchev–Trinajstić information content (AvgIpc) is 3.49. The molecule has 1 fully saturated rings. The minimum absolute atomic E-state index is 0.115. The number of benzene rings is 2. The van der Waals surface area contributed by atoms with E-state index >= 15 is 4.39 Å². The number of nitrogens with zero attached hydrogens (tertiary/aromatic N) is 4. The molecule has 38 heavy (non-hydrogen) atoms. The molecule has 0 aliphatic carbocycles. The zero-order valence-electron chi connectivity index (χ0n) is 22.4. The molecule has 0 unspecified atom stereocenters. The number of ether oxygens (including phenoxy) is 1. The summed E-state index contributed by atoms with van der Waals surface area (Å²) in [6.07, 6.45) is 4.35. The van der Waals surface area contributed by atoms with Crippen LogP contribution in [-0.4, -0.2) is 51.2 Å². The van der Waals surface area contributed by atoms with Crippen LogP contribution in [0.15, 0.2) is 48.7 Å². The van der Waals surface area contributed by atoms with E-state index in [0.29, 0.717) is 47.3 Å². The van der Waals surface area contributed by atoms with Crippen molar-refractivity contribution in [1.29, 1.82) is 0 Å². The molecule has 2 aromatic heterocycles. The van der Waals surface area contributed by atoms with E-state index in [-0.39, 0.29) is 11.5 Å². The number of likely N-dealkylation sites (N-methyl/N-ethyl adjacent to an activating group) is 1. The summed E-state index contributed by atoms with van der Waals surface area (Å²) in [4.78, 5) is 19.8. The molecule has 3 heterocycles. The Labute approximate surface area is 222 Å². The minimum atomic E-state index is -0.541. The van der Waals surface area contributed by atoms with Gasteiger partial charge in [-0.1, -0.05) is 13.8 Å². The molecule has 8 heteroatoms. The molecule has 0 saturated carbocycles. The standard InChI is InChI=1S/C30H34FN5O2/c1-5-20-14-21(15-26(31)29(20)30(37)33-18-22-8-7-13-36(22)6-2)27-16-24(11-12-32-27)38-23-9-10-25-19(3)34-35(4)28(25)17-23/h9-12,14-17,22H,5-8,13,18H2,1-4H3,(H,33,37)/t22-/m0/s1. The molecule has 2 aromatic carbocycles. The van der Waals surface area contributed by atoms with Gasteiger partial charge in [0.25, 0.3) is 5.91 Å². The van der Waals surface area contributed by atoms with E-state index in [9.17, 15) is 4.79 Å². The van der Waals surface area contributed by atoms with E-state index in [1.165, 1.54) is 6.07 Å². The van der Waals surface area contributed by atoms with Gasteiger partial charge in [-0.2, -0.15) is 5.10 Å². The second-order valence-corrected chi connectivity index (χ2v) is 9.85. The Kier molecular flexibility index (Phi) is 7.42. The lowest BCUT2D eigenvalue weighted by Crippen LogP contribution is -2.40. The van der Waals surface area contributed by atoms with E-state index in [0.717, 1.165) is 42.5 Å². The lowest BCUT2D eigenvalue weighted by Gasteiger charge is -2.23. The van der Waals surface area contributed by atoms with Gasteiger partial charge in [-0.3, -0.25) is 19.4 Å². The Morgan fingerprint density at radius 1 is 1.16 bits per heavy atom. The van der Waals surface area contributed by atoms with Crippen molar-refractivity contribution in [2.24, 2.45) is 7.05 Å². The molecule has 0 spiro atoms. The molecule has 1 saturated heterocycles. The number of hydrogen-bond acceptors (Lipinski definition) is 5. The number of rotatable bonds is 8. The number of likely N-dealkylation sites (tertiary alicyclic amines) is 1. The van der Waals surface area contributed by atoms with Gasteiger partial charge in [0, 0.05) is 48.9 Å². The summed E-state index contributed by atoms with van der Waals surface area (Å²) in [5, 5.41) is 8.51. The molecule has 0 bridgehead atoms. The highest BCUT2D eigenvalue weighted by Gasteiger charge is 2.25. The Hall–Kier alpha value is -3.78. The van der Waals surface area contributed by atoms with Gasteiger partial charge in [-0.15, -0.1) is 0 Å². The smallest absolute Gasteiger partial charge is 0.254 e. The third kappa shape index (κ3) is 5.13. The predicted octanol–water partition coefficient (Wildman–Crippen LogP) is 5.65. The maximum atomic E-state index is 15.4. The van der Waals surface area contributed by atoms with E-state index in [1.807, 2.05) is 49.8 Å². The lowest BCUT2D eigenvalue weighted by atomic mass is 9.98. The summed E-state index contributed by atoms with van der Waals surface area (Å²) in [6, 6.07) is 12.9. The van der Waals surface area contributed by atoms with Crippen molar-refractivity contribution in [2.45, 2.75) is 46.1 Å². The molecule has 1 aliphatic heterocycles. The van der Waals surface area contributed by atoms with E-state index < -0.39 is 5.82 Å². The predicted molar refractivity (Wildman–Crippen MR) is 147 cm³/mol. The third-order valence-electron chi connectivity index (χ3n) is 7.45. The van der Waals surface area contributed by atoms with Gasteiger partial charge in [-0.25, -0.2) is 4.39 Å². The van der Waals surface area contributed by atoms with Crippen LogP contribution in [0.3, 0.4) is 0 Å². The summed E-state index contributed by atoms with van der Waals surface area (Å²) in [5.74, 6) is 0.361. The van der Waals surface area contributed by atoms with Crippen LogP contribution in [0.5, 0.6) is 11.5 Å². The normalized spacial score (nSPS) is 15.8. The van der Waals surface area contributed by atoms with Gasteiger partial charge >= 0.3 is 0 Å². The van der Waals surface area contributed by atoms with Crippen LogP contribution in [0, 0.1) is 12.7 Å². The minimum Gasteiger partial charge on any atom is -0.457 e. The molecule has 1 atom stereocenters. The van der Waals surface area contributed by atoms with Crippen molar-refractivity contribution in [3.8, 4) is 22.8 Å². The van der Waals surface area contributed by atoms with Crippen LogP contribution in [0.1, 0.15) is 48.3 Å². The van der Waals surface area contributed by atoms with Crippen LogP contribution in [0.25, 0.3) is 22.2 Å². The number of fused-ring (bicyclic) bond motifs is 1. The van der Waals surface area contributed by atoms with Gasteiger partial charge in [0.1, 0.15) is 17.3 Å². The van der Waals surface area contributed by atoms with Gasteiger partial charge in [0.15, 0.2) is 0 Å². The number of pyridine rings is 1. The van der Waals surface area contributed by atoms with E-state index in [4.69, 9.17) is 4.74 Å². The van der Waals surface area contributed by atoms with Gasteiger partial charge < -0.3 is 10.1 Å². The Morgan fingerprint density at radius 3 is 2.76 bits per heavy atom. The summed E-state index contributed by atoms with van der Waals surface area (Å²) in [7, 11) is 1.90. The fourth-order valence-electron chi connectivity index (χ4n) is 5.44. The van der Waals surface area contributed by atoms with Crippen molar-refractivity contribution in [3.63, 3.8) is 0 Å². The number of halogens is 1. The zero-order chi connectivity index (χ0) is 26.8. The number of carbonyl (C=O) groups excluding carboxylic acids is 1. The van der Waals surface area contributed by atoms with Crippen LogP contribution in [-0.2, 0) is 13.5 Å². The van der Waals surface area contributed by atoms with Crippen molar-refractivity contribution in [2.75, 3.05) is 19.6 Å². The number of hydrogen-bond donors (Lipinski definition) is 1. The second kappa shape index (κ2) is 10.9. The molecule has 1 amide bonds. The fraction of sp³-hybridized carbons (Fsp3) is 0.367. The van der Waals surface area contributed by atoms with Crippen LogP contribution in [0.4, 0.5) is 4.39 Å². The summed E-state index contributed by atoms with van der Waals surface area (Å²) >= 11 is 0. The maximum absolute atomic E-state index is 15.4. The second-order valence-electron chi connectivity index (χ2n) is 9.85. The highest BCUT2D eigenvalue weighted by atomic mass is 19.1. The van der Waals surface area contributed by atoms with Crippen molar-refractivity contribution in [3.05, 3.63) is 71.3 Å². The number of aryl methyl sites for hydroxylation is 3. The first kappa shape index (κ1) is 25.9. The highest BCUT2D eigenvalue weighted by Crippen LogP contribution is 2.30. The first-order valence-electron chi connectivity index (χ1n) is 13.3. The summed E-state index contributed by atoms with van der Waals surface area (Å²) in [5.41, 5.74) is 3.89. The first-order chi connectivity index (χ1) is 18.4. The van der Waals surface area contributed by atoms with Crippen LogP contribution >= 0.6 is 0 Å². The Balaban J connectivity index is 1.36. The monoisotopic (exact) mass is 515 g/mol. The maximum Gasteiger partial charge on any atom is 0.254 e. The molecule has 5 rings (SSSR count). The number of carbonyl (C=O) groups is 1. The van der Waals surface area contributed by atoms with Crippen LogP contribution in [0.2, 0.25) is 0 Å². The molecule has 7 nitrogen and oxygen atoms in total. The number of nitrogens with one attached hydrogen (secondary N) is 1. The van der Waals surface area contributed by atoms with Crippen molar-refractivity contribution in [1.82, 2.24) is 25.0 Å². The largest absolute Gasteiger partial charge is 0.457 e. The number of aromatic nitrogens is 3. The average molecular weight is 516 g/mol. The molecular weight excluding hydrogens is 481 g/mol. The molecule has 4 aromatic rings. The molecule has 198 valence electrons. The van der Waals surface area contributed by atoms with E-state index in [1.54, 1.807) is 18.3 Å². The molecule has 1 aliphatic rings. The summed E-state index contributed by atoms with van der Waals surface area (Å²) < 4.78 is 23.3. The quantitative estimate of drug-likeness (QED) is 0.328. The number of amides is 1. The summed E-state index contributed by atoms with van der Waals surface area (Å²) in [6.45, 7) is 8.56. The van der Waals surface area contributed by atoms with Crippen molar-refractivity contribution < 1.29 is 13.9 Å². The Morgan fingerprint density at radius 2 is 1.97 bits per heavy atom. The molecule has 0 radical (unpaired) electrons. The molecule has 1 N–H and O–H groups in total. The van der Waals surface area contributed by atoms with Gasteiger partial charge in [0.2, 0.25) is 0 Å². The highest BCUT2D eigenvalue weighted by molar-refractivity contribution is 5.96. The molecular formula is C30H34FN5O2. The first-order valence-corrected chi connectivity index (χ1v) is 13.3. The van der Waals surface area contributed by atoms with Crippen molar-refractivity contribution >= 4 is 16.8 Å². The third-order valence-corrected chi connectivity index (χ3v) is 7.45. The lowest BCUT2D eigenvalue weighted by molar-refractivity contribution is 0.0936. The SMILES string of the molecule is CCc1cc(-c2cc(Oc3ccc4c(C)nn(C)c4c3)ccn2)cc(F)c1C(=O)NC[C@@H]1CCCN1CC. The van der Waals surface area contributed by atoms with Gasteiger partial charge in [0.05, 0.1) is 22.5 Å². The zero-order valence-corrected chi connectivity index (χ0v) is 22.4. The topological polar surface area (TPSA) is 72.3 Å². The fourth-order valence-corrected chi connectivity index (χ4v) is 5.44. The Bertz CT molecular complexity index is 1480. The van der Waals surface area contributed by atoms with Gasteiger partial charge in [-0.05, 0) is 75.2 Å².